The van der Waals surface area contributed by atoms with Gasteiger partial charge in [0.25, 0.3) is 0 Å². The van der Waals surface area contributed by atoms with Crippen molar-refractivity contribution < 1.29 is 0 Å². The molecule has 0 unspecified atom stereocenters. The van der Waals surface area contributed by atoms with Gasteiger partial charge < -0.3 is 0 Å². The molecule has 0 saturated carbocycles. The van der Waals surface area contributed by atoms with Crippen LogP contribution in [0.1, 0.15) is 75.0 Å². The maximum absolute atomic E-state index is 3.88. The Labute approximate surface area is 125 Å². The Bertz CT molecular complexity index is 400. The molecule has 0 N–H and O–H groups in total. The van der Waals surface area contributed by atoms with Crippen LogP contribution in [0.4, 0.5) is 0 Å². The molecule has 1 aromatic rings. The molecule has 0 heteroatoms. The second kappa shape index (κ2) is 10.5. The molecular weight excluding hydrogens is 240 g/mol. The molecule has 0 aromatic heterocycles. The van der Waals surface area contributed by atoms with E-state index < -0.39 is 0 Å². The number of aryl methyl sites for hydroxylation is 1. The van der Waals surface area contributed by atoms with Crippen molar-refractivity contribution in [3.63, 3.8) is 0 Å². The van der Waals surface area contributed by atoms with Crippen LogP contribution in [0.3, 0.4) is 0 Å². The highest BCUT2D eigenvalue weighted by Crippen LogP contribution is 2.17. The molecule has 0 spiro atoms. The number of hydrogen-bond donors (Lipinski definition) is 0. The molecule has 110 valence electrons. The first-order chi connectivity index (χ1) is 9.81. The molecule has 0 nitrogen and oxygen atoms in total. The summed E-state index contributed by atoms with van der Waals surface area (Å²) in [6.45, 7) is 9.99. The molecule has 20 heavy (non-hydrogen) atoms. The summed E-state index contributed by atoms with van der Waals surface area (Å²) in [5.41, 5.74) is 3.81. The van der Waals surface area contributed by atoms with Gasteiger partial charge in [-0.25, -0.2) is 0 Å². The van der Waals surface area contributed by atoms with E-state index in [4.69, 9.17) is 0 Å². The fourth-order valence-electron chi connectivity index (χ4n) is 2.61. The molecule has 0 aliphatic rings. The van der Waals surface area contributed by atoms with Crippen molar-refractivity contribution in [2.24, 2.45) is 0 Å². The molecule has 0 fully saturated rings. The van der Waals surface area contributed by atoms with E-state index in [1.807, 2.05) is 12.2 Å². The van der Waals surface area contributed by atoms with Crippen molar-refractivity contribution in [2.75, 3.05) is 0 Å². The summed E-state index contributed by atoms with van der Waals surface area (Å²) >= 11 is 0. The van der Waals surface area contributed by atoms with Gasteiger partial charge >= 0.3 is 0 Å². The number of rotatable bonds is 11. The minimum atomic E-state index is 1.18. The predicted molar refractivity (Wildman–Crippen MR) is 92.9 cm³/mol. The first-order valence-corrected chi connectivity index (χ1v) is 8.19. The first kappa shape index (κ1) is 16.8. The monoisotopic (exact) mass is 270 g/mol. The maximum Gasteiger partial charge on any atom is -0.0187 e. The molecule has 0 radical (unpaired) electrons. The van der Waals surface area contributed by atoms with Crippen molar-refractivity contribution in [2.45, 2.75) is 64.7 Å². The van der Waals surface area contributed by atoms with Gasteiger partial charge in [0.15, 0.2) is 0 Å². The molecule has 0 saturated heterocycles. The van der Waals surface area contributed by atoms with E-state index in [0.717, 1.165) is 0 Å². The molecule has 0 amide bonds. The van der Waals surface area contributed by atoms with E-state index in [-0.39, 0.29) is 0 Å². The van der Waals surface area contributed by atoms with Gasteiger partial charge in [0.05, 0.1) is 0 Å². The number of unbranched alkanes of at least 4 members (excludes halogenated alkanes) is 7. The van der Waals surface area contributed by atoms with E-state index in [1.165, 1.54) is 74.5 Å². The minimum Gasteiger partial charge on any atom is -0.0984 e. The van der Waals surface area contributed by atoms with Gasteiger partial charge in [-0.2, -0.15) is 0 Å². The van der Waals surface area contributed by atoms with E-state index in [1.54, 1.807) is 0 Å². The Morgan fingerprint density at radius 2 is 1.40 bits per heavy atom. The van der Waals surface area contributed by atoms with E-state index >= 15 is 0 Å². The zero-order valence-corrected chi connectivity index (χ0v) is 13.2. The second-order valence-corrected chi connectivity index (χ2v) is 5.60. The average molecular weight is 270 g/mol. The van der Waals surface area contributed by atoms with E-state index in [9.17, 15) is 0 Å². The van der Waals surface area contributed by atoms with Crippen LogP contribution in [0.25, 0.3) is 12.2 Å². The van der Waals surface area contributed by atoms with Gasteiger partial charge in [-0.05, 0) is 29.5 Å². The zero-order valence-electron chi connectivity index (χ0n) is 13.2. The third-order valence-electron chi connectivity index (χ3n) is 3.91. The molecule has 1 rings (SSSR count). The van der Waals surface area contributed by atoms with Crippen LogP contribution >= 0.6 is 0 Å². The molecule has 0 heterocycles. The minimum absolute atomic E-state index is 1.18. The first-order valence-electron chi connectivity index (χ1n) is 8.19. The van der Waals surface area contributed by atoms with Gasteiger partial charge in [0.2, 0.25) is 0 Å². The van der Waals surface area contributed by atoms with Gasteiger partial charge in [-0.15, -0.1) is 0 Å². The van der Waals surface area contributed by atoms with Crippen molar-refractivity contribution in [3.8, 4) is 0 Å². The molecular formula is C20H30. The van der Waals surface area contributed by atoms with Gasteiger partial charge in [-0.3, -0.25) is 0 Å². The summed E-state index contributed by atoms with van der Waals surface area (Å²) in [5, 5.41) is 0. The lowest BCUT2D eigenvalue weighted by Gasteiger charge is -2.06. The number of hydrogen-bond acceptors (Lipinski definition) is 0. The van der Waals surface area contributed by atoms with Gasteiger partial charge in [0.1, 0.15) is 0 Å². The van der Waals surface area contributed by atoms with E-state index in [0.29, 0.717) is 0 Å². The van der Waals surface area contributed by atoms with Crippen LogP contribution in [0.5, 0.6) is 0 Å². The van der Waals surface area contributed by atoms with Crippen LogP contribution in [-0.2, 0) is 6.42 Å². The fraction of sp³-hybridized carbons (Fsp3) is 0.500. The molecule has 0 bridgehead atoms. The topological polar surface area (TPSA) is 0 Å². The molecule has 0 aliphatic carbocycles. The lowest BCUT2D eigenvalue weighted by atomic mass is 9.99. The quantitative estimate of drug-likeness (QED) is 0.395. The largest absolute Gasteiger partial charge is 0.0984 e. The van der Waals surface area contributed by atoms with Crippen LogP contribution < -0.4 is 0 Å². The standard InChI is InChI=1S/C20H30/c1-4-7-8-9-10-11-12-13-14-18-15-16-19(5-2)20(6-3)17-18/h5-6,15-17H,2-4,7-14H2,1H3. The summed E-state index contributed by atoms with van der Waals surface area (Å²) in [4.78, 5) is 0. The Balaban J connectivity index is 2.22. The van der Waals surface area contributed by atoms with Crippen LogP contribution in [0.15, 0.2) is 31.4 Å². The highest BCUT2D eigenvalue weighted by atomic mass is 14.0. The summed E-state index contributed by atoms with van der Waals surface area (Å²) in [5.74, 6) is 0. The van der Waals surface area contributed by atoms with E-state index in [2.05, 4.69) is 38.3 Å². The normalized spacial score (nSPS) is 10.4. The van der Waals surface area contributed by atoms with Crippen molar-refractivity contribution >= 4 is 12.2 Å². The molecule has 0 aliphatic heterocycles. The fourth-order valence-corrected chi connectivity index (χ4v) is 2.61. The summed E-state index contributed by atoms with van der Waals surface area (Å²) in [6, 6.07) is 6.64. The lowest BCUT2D eigenvalue weighted by Crippen LogP contribution is -1.89. The third-order valence-corrected chi connectivity index (χ3v) is 3.91. The van der Waals surface area contributed by atoms with Crippen molar-refractivity contribution in [1.29, 1.82) is 0 Å². The maximum atomic E-state index is 3.88. The van der Waals surface area contributed by atoms with Gasteiger partial charge in [0, 0.05) is 0 Å². The van der Waals surface area contributed by atoms with Crippen LogP contribution in [-0.4, -0.2) is 0 Å². The predicted octanol–water partition coefficient (Wildman–Crippen LogP) is 6.66. The smallest absolute Gasteiger partial charge is 0.0187 e. The van der Waals surface area contributed by atoms with Crippen LogP contribution in [0, 0.1) is 0 Å². The highest BCUT2D eigenvalue weighted by molar-refractivity contribution is 5.64. The van der Waals surface area contributed by atoms with Crippen LogP contribution in [0.2, 0.25) is 0 Å². The molecule has 0 atom stereocenters. The SMILES string of the molecule is C=Cc1ccc(CCCCCCCCCC)cc1C=C. The summed E-state index contributed by atoms with van der Waals surface area (Å²) < 4.78 is 0. The average Bonchev–Trinajstić information content (AvgIpc) is 2.49. The third kappa shape index (κ3) is 6.23. The summed E-state index contributed by atoms with van der Waals surface area (Å²) in [7, 11) is 0. The second-order valence-electron chi connectivity index (χ2n) is 5.60. The Morgan fingerprint density at radius 3 is 2.00 bits per heavy atom. The number of benzene rings is 1. The Kier molecular flexibility index (Phi) is 8.78. The Hall–Kier alpha value is -1.30. The Morgan fingerprint density at radius 1 is 0.800 bits per heavy atom. The summed E-state index contributed by atoms with van der Waals surface area (Å²) in [6.07, 6.45) is 16.1. The lowest BCUT2D eigenvalue weighted by molar-refractivity contribution is 0.575. The van der Waals surface area contributed by atoms with Crippen molar-refractivity contribution in [1.82, 2.24) is 0 Å². The highest BCUT2D eigenvalue weighted by Gasteiger charge is 1.99. The molecule has 1 aromatic carbocycles. The van der Waals surface area contributed by atoms with Crippen molar-refractivity contribution in [3.05, 3.63) is 48.0 Å². The van der Waals surface area contributed by atoms with Gasteiger partial charge in [-0.1, -0.05) is 95.4 Å². The zero-order chi connectivity index (χ0) is 14.6.